The fraction of sp³-hybridized carbons (Fsp3) is 0.344. The van der Waals surface area contributed by atoms with Crippen molar-refractivity contribution in [3.63, 3.8) is 0 Å². The molecule has 1 fully saturated rings. The van der Waals surface area contributed by atoms with E-state index in [9.17, 15) is 27.9 Å². The molecule has 1 amide bonds. The standard InChI is InChI=1S/C32H31ClF3N3O5/c1-18(38-44-30(2,3)29(41)42)20-13-23(16-24(14-20)43-4)37-27(19-5-8-22(33)9-6-19)28(40)39-17-31(11-12-31)25-10-7-21(15-26(25)39)32(34,35)36/h5-10,13-16,27,37H,11-12,17H2,1-4H3,(H,41,42)/b38-18+. The van der Waals surface area contributed by atoms with Crippen LogP contribution in [0, 0.1) is 0 Å². The number of ether oxygens (including phenoxy) is 1. The zero-order valence-electron chi connectivity index (χ0n) is 24.5. The number of hydrogen-bond donors (Lipinski definition) is 2. The molecule has 0 bridgehead atoms. The third kappa shape index (κ3) is 6.19. The van der Waals surface area contributed by atoms with E-state index in [0.29, 0.717) is 33.3 Å². The Bertz CT molecular complexity index is 1640. The van der Waals surface area contributed by atoms with Crippen molar-refractivity contribution in [2.24, 2.45) is 5.16 Å². The molecule has 0 saturated heterocycles. The molecule has 1 saturated carbocycles. The number of rotatable bonds is 9. The highest BCUT2D eigenvalue weighted by molar-refractivity contribution is 6.30. The van der Waals surface area contributed by atoms with Crippen molar-refractivity contribution in [3.8, 4) is 5.75 Å². The van der Waals surface area contributed by atoms with Crippen LogP contribution in [0.2, 0.25) is 5.02 Å². The predicted octanol–water partition coefficient (Wildman–Crippen LogP) is 7.20. The van der Waals surface area contributed by atoms with Gasteiger partial charge >= 0.3 is 12.1 Å². The molecule has 3 aromatic carbocycles. The molecule has 3 aromatic rings. The lowest BCUT2D eigenvalue weighted by Crippen LogP contribution is -2.38. The number of nitrogens with one attached hydrogen (secondary N) is 1. The first-order chi connectivity index (χ1) is 20.6. The first-order valence-electron chi connectivity index (χ1n) is 13.8. The Balaban J connectivity index is 1.53. The van der Waals surface area contributed by atoms with Gasteiger partial charge in [-0.1, -0.05) is 35.0 Å². The van der Waals surface area contributed by atoms with Crippen LogP contribution >= 0.6 is 11.6 Å². The van der Waals surface area contributed by atoms with Gasteiger partial charge in [-0.05, 0) is 81.1 Å². The molecule has 1 spiro atoms. The van der Waals surface area contributed by atoms with Crippen molar-refractivity contribution in [2.75, 3.05) is 23.9 Å². The molecule has 44 heavy (non-hydrogen) atoms. The van der Waals surface area contributed by atoms with Crippen LogP contribution in [-0.2, 0) is 26.0 Å². The van der Waals surface area contributed by atoms with E-state index < -0.39 is 35.3 Å². The van der Waals surface area contributed by atoms with Crippen molar-refractivity contribution in [3.05, 3.63) is 87.9 Å². The van der Waals surface area contributed by atoms with Crippen molar-refractivity contribution in [2.45, 2.75) is 56.8 Å². The molecule has 232 valence electrons. The van der Waals surface area contributed by atoms with E-state index in [4.69, 9.17) is 21.2 Å². The lowest BCUT2D eigenvalue weighted by Gasteiger charge is -2.27. The minimum atomic E-state index is -4.56. The Labute approximate surface area is 257 Å². The molecule has 2 aliphatic rings. The van der Waals surface area contributed by atoms with Crippen LogP contribution in [-0.4, -0.2) is 42.0 Å². The number of aliphatic carboxylic acids is 1. The summed E-state index contributed by atoms with van der Waals surface area (Å²) in [5.74, 6) is -1.21. The molecule has 1 atom stereocenters. The summed E-state index contributed by atoms with van der Waals surface area (Å²) in [6.07, 6.45) is -2.99. The smallest absolute Gasteiger partial charge is 0.416 e. The van der Waals surface area contributed by atoms with Crippen molar-refractivity contribution < 1.29 is 37.4 Å². The van der Waals surface area contributed by atoms with Gasteiger partial charge in [-0.3, -0.25) is 4.79 Å². The predicted molar refractivity (Wildman–Crippen MR) is 161 cm³/mol. The van der Waals surface area contributed by atoms with Gasteiger partial charge in [0.1, 0.15) is 11.8 Å². The van der Waals surface area contributed by atoms with E-state index in [0.717, 1.165) is 30.5 Å². The summed E-state index contributed by atoms with van der Waals surface area (Å²) >= 11 is 6.13. The number of hydrogen-bond acceptors (Lipinski definition) is 6. The SMILES string of the molecule is COc1cc(NC(C(=O)N2CC3(CC3)c3ccc(C(F)(F)F)cc32)c2ccc(Cl)cc2)cc(/C(C)=N/OC(C)(C)C(=O)O)c1. The number of anilines is 2. The number of carbonyl (C=O) groups is 2. The fourth-order valence-corrected chi connectivity index (χ4v) is 5.30. The Morgan fingerprint density at radius 1 is 1.07 bits per heavy atom. The number of amides is 1. The molecule has 1 aliphatic heterocycles. The molecule has 5 rings (SSSR count). The Kier molecular flexibility index (Phi) is 8.04. The minimum absolute atomic E-state index is 0.260. The molecule has 1 heterocycles. The van der Waals surface area contributed by atoms with Crippen LogP contribution in [0.3, 0.4) is 0 Å². The Morgan fingerprint density at radius 3 is 2.34 bits per heavy atom. The molecule has 1 aliphatic carbocycles. The van der Waals surface area contributed by atoms with E-state index in [2.05, 4.69) is 10.5 Å². The normalized spacial score (nSPS) is 16.4. The minimum Gasteiger partial charge on any atom is -0.497 e. The third-order valence-corrected chi connectivity index (χ3v) is 8.27. The van der Waals surface area contributed by atoms with Crippen LogP contribution in [0.25, 0.3) is 0 Å². The summed E-state index contributed by atoms with van der Waals surface area (Å²) in [4.78, 5) is 32.5. The maximum Gasteiger partial charge on any atom is 0.416 e. The van der Waals surface area contributed by atoms with E-state index in [-0.39, 0.29) is 17.6 Å². The second kappa shape index (κ2) is 11.4. The van der Waals surface area contributed by atoms with Gasteiger partial charge in [-0.2, -0.15) is 13.2 Å². The lowest BCUT2D eigenvalue weighted by atomic mass is 9.97. The maximum absolute atomic E-state index is 14.3. The second-order valence-corrected chi connectivity index (χ2v) is 12.0. The van der Waals surface area contributed by atoms with E-state index >= 15 is 0 Å². The summed E-state index contributed by atoms with van der Waals surface area (Å²) < 4.78 is 46.5. The highest BCUT2D eigenvalue weighted by Gasteiger charge is 2.54. The zero-order valence-corrected chi connectivity index (χ0v) is 25.2. The van der Waals surface area contributed by atoms with Gasteiger partial charge in [-0.15, -0.1) is 0 Å². The van der Waals surface area contributed by atoms with Gasteiger partial charge in [0.2, 0.25) is 5.60 Å². The van der Waals surface area contributed by atoms with Crippen molar-refractivity contribution >= 4 is 40.6 Å². The van der Waals surface area contributed by atoms with Gasteiger partial charge < -0.3 is 24.9 Å². The second-order valence-electron chi connectivity index (χ2n) is 11.6. The number of methoxy groups -OCH3 is 1. The first-order valence-corrected chi connectivity index (χ1v) is 14.2. The summed E-state index contributed by atoms with van der Waals surface area (Å²) in [7, 11) is 1.47. The number of halogens is 4. The highest BCUT2D eigenvalue weighted by atomic mass is 35.5. The lowest BCUT2D eigenvalue weighted by molar-refractivity contribution is -0.161. The molecule has 0 radical (unpaired) electrons. The molecule has 8 nitrogen and oxygen atoms in total. The first kappa shape index (κ1) is 31.2. The van der Waals surface area contributed by atoms with E-state index in [1.807, 2.05) is 0 Å². The number of carboxylic acids is 1. The number of oxime groups is 1. The van der Waals surface area contributed by atoms with Crippen molar-refractivity contribution in [1.29, 1.82) is 0 Å². The summed E-state index contributed by atoms with van der Waals surface area (Å²) in [6.45, 7) is 4.65. The quantitative estimate of drug-likeness (QED) is 0.192. The van der Waals surface area contributed by atoms with Crippen molar-refractivity contribution in [1.82, 2.24) is 0 Å². The fourth-order valence-electron chi connectivity index (χ4n) is 5.18. The number of alkyl halides is 3. The summed E-state index contributed by atoms with van der Waals surface area (Å²) in [5, 5.41) is 17.0. The molecular weight excluding hydrogens is 599 g/mol. The highest BCUT2D eigenvalue weighted by Crippen LogP contribution is 2.57. The van der Waals surface area contributed by atoms with Crippen LogP contribution in [0.5, 0.6) is 5.75 Å². The zero-order chi connectivity index (χ0) is 32.0. The van der Waals surface area contributed by atoms with Crippen LogP contribution in [0.15, 0.2) is 65.8 Å². The van der Waals surface area contributed by atoms with E-state index in [1.165, 1.54) is 31.9 Å². The van der Waals surface area contributed by atoms with E-state index in [1.54, 1.807) is 49.4 Å². The van der Waals surface area contributed by atoms with Crippen LogP contribution in [0.1, 0.15) is 61.9 Å². The molecule has 12 heteroatoms. The molecule has 0 aromatic heterocycles. The Morgan fingerprint density at radius 2 is 1.75 bits per heavy atom. The van der Waals surface area contributed by atoms with Gasteiger partial charge in [0.15, 0.2) is 0 Å². The van der Waals surface area contributed by atoms with Gasteiger partial charge in [-0.25, -0.2) is 4.79 Å². The van der Waals surface area contributed by atoms with Crippen LogP contribution < -0.4 is 15.0 Å². The summed E-state index contributed by atoms with van der Waals surface area (Å²) in [5.41, 5.74) is 0.139. The largest absolute Gasteiger partial charge is 0.497 e. The monoisotopic (exact) mass is 629 g/mol. The average molecular weight is 630 g/mol. The average Bonchev–Trinajstić information content (AvgIpc) is 3.69. The topological polar surface area (TPSA) is 100 Å². The van der Waals surface area contributed by atoms with Crippen LogP contribution in [0.4, 0.5) is 24.5 Å². The number of carboxylic acid groups (broad SMARTS) is 1. The maximum atomic E-state index is 14.3. The number of nitrogens with zero attached hydrogens (tertiary/aromatic N) is 2. The number of carbonyl (C=O) groups excluding carboxylic acids is 1. The third-order valence-electron chi connectivity index (χ3n) is 8.01. The van der Waals surface area contributed by atoms with Gasteiger partial charge in [0.05, 0.1) is 18.4 Å². The molecular formula is C32H31ClF3N3O5. The molecule has 1 unspecified atom stereocenters. The van der Waals surface area contributed by atoms with Gasteiger partial charge in [0, 0.05) is 40.0 Å². The molecule has 2 N–H and O–H groups in total. The number of fused-ring (bicyclic) bond motifs is 2. The Hall–Kier alpha value is -4.25. The summed E-state index contributed by atoms with van der Waals surface area (Å²) in [6, 6.07) is 14.3. The number of benzene rings is 3. The van der Waals surface area contributed by atoms with Gasteiger partial charge in [0.25, 0.3) is 5.91 Å².